The fraction of sp³-hybridized carbons (Fsp3) is 0.429. The highest BCUT2D eigenvalue weighted by Crippen LogP contribution is 2.42. The molecule has 0 atom stereocenters. The Labute approximate surface area is 353 Å². The number of rotatable bonds is 16. The molecule has 1 saturated heterocycles. The van der Waals surface area contributed by atoms with Crippen LogP contribution in [0.4, 0.5) is 5.69 Å². The van der Waals surface area contributed by atoms with Crippen LogP contribution >= 0.6 is 0 Å². The number of pyridine rings is 2. The predicted molar refractivity (Wildman–Crippen MR) is 241 cm³/mol. The van der Waals surface area contributed by atoms with Crippen LogP contribution in [0.3, 0.4) is 0 Å². The topological polar surface area (TPSA) is 87.6 Å². The Bertz CT molecular complexity index is 1940. The summed E-state index contributed by atoms with van der Waals surface area (Å²) in [4.78, 5) is 14.7. The summed E-state index contributed by atoms with van der Waals surface area (Å²) in [5.41, 5.74) is 8.45. The number of hydrogen-bond acceptors (Lipinski definition) is 10. The summed E-state index contributed by atoms with van der Waals surface area (Å²) in [5.74, 6) is 3.54. The number of hydrogen-bond donors (Lipinski definition) is 0. The highest BCUT2D eigenvalue weighted by atomic mass is 16.5. The number of nitrogens with zero attached hydrogens (tertiary/aromatic N) is 4. The maximum atomic E-state index is 5.59. The molecule has 0 bridgehead atoms. The van der Waals surface area contributed by atoms with Gasteiger partial charge in [0.2, 0.25) is 11.5 Å². The number of likely N-dealkylation sites (tertiary alicyclic amines) is 1. The molecule has 0 N–H and O–H groups in total. The van der Waals surface area contributed by atoms with Gasteiger partial charge >= 0.3 is 0 Å². The summed E-state index contributed by atoms with van der Waals surface area (Å²) in [5, 5.41) is 0. The third-order valence-corrected chi connectivity index (χ3v) is 10.5. The van der Waals surface area contributed by atoms with Gasteiger partial charge in [0.05, 0.1) is 54.0 Å². The van der Waals surface area contributed by atoms with Crippen molar-refractivity contribution in [3.8, 4) is 57.0 Å². The van der Waals surface area contributed by atoms with E-state index in [1.807, 2.05) is 50.5 Å². The standard InChI is InChI=1S/C43H50N4O6.C4H10.C2H6/c1-8-29-9-12-34(13-10-29)47(28-31-11-14-36(45-26-31)32-22-38(48-2)42(52-6)39(23-32)49-3)35-16-19-46(20-17-35)27-30-15-18-44-37(21-30)33-24-40(50-4)43(53-7)41(25-33)51-5;1-3-4-2;1-2/h9-15,18,21-26,35H,8,16-17,19-20,27-28H2,1-7H3;3-4H2,1-2H3;1-2H3. The molecule has 1 fully saturated rings. The average Bonchev–Trinajstić information content (AvgIpc) is 3.31. The van der Waals surface area contributed by atoms with E-state index in [0.717, 1.165) is 73.5 Å². The zero-order chi connectivity index (χ0) is 42.7. The number of aromatic nitrogens is 2. The van der Waals surface area contributed by atoms with Gasteiger partial charge in [-0.15, -0.1) is 0 Å². The third kappa shape index (κ3) is 12.0. The fourth-order valence-corrected chi connectivity index (χ4v) is 7.08. The molecule has 3 aromatic carbocycles. The summed E-state index contributed by atoms with van der Waals surface area (Å²) in [7, 11) is 9.72. The Kier molecular flexibility index (Phi) is 18.6. The van der Waals surface area contributed by atoms with Gasteiger partial charge in [-0.2, -0.15) is 0 Å². The third-order valence-electron chi connectivity index (χ3n) is 10.5. The van der Waals surface area contributed by atoms with Crippen LogP contribution in [0.1, 0.15) is 77.0 Å². The molecule has 0 unspecified atom stereocenters. The second kappa shape index (κ2) is 23.8. The van der Waals surface area contributed by atoms with E-state index in [1.54, 1.807) is 42.7 Å². The summed E-state index contributed by atoms with van der Waals surface area (Å²) in [6.45, 7) is 14.2. The molecule has 6 rings (SSSR count). The van der Waals surface area contributed by atoms with Crippen LogP contribution in [0.2, 0.25) is 0 Å². The number of aryl methyl sites for hydroxylation is 1. The largest absolute Gasteiger partial charge is 0.493 e. The number of piperidine rings is 1. The number of benzene rings is 3. The van der Waals surface area contributed by atoms with Crippen molar-refractivity contribution in [2.75, 3.05) is 60.6 Å². The van der Waals surface area contributed by atoms with Crippen molar-refractivity contribution in [2.45, 2.75) is 85.9 Å². The van der Waals surface area contributed by atoms with Crippen LogP contribution in [-0.4, -0.2) is 76.7 Å². The monoisotopic (exact) mass is 806 g/mol. The summed E-state index contributed by atoms with van der Waals surface area (Å²) < 4.78 is 33.4. The summed E-state index contributed by atoms with van der Waals surface area (Å²) in [6, 6.07) is 25.7. The molecule has 3 heterocycles. The Morgan fingerprint density at radius 3 is 1.53 bits per heavy atom. The first-order valence-electron chi connectivity index (χ1n) is 20.9. The van der Waals surface area contributed by atoms with E-state index >= 15 is 0 Å². The van der Waals surface area contributed by atoms with Crippen molar-refractivity contribution in [1.82, 2.24) is 14.9 Å². The van der Waals surface area contributed by atoms with Crippen molar-refractivity contribution in [3.63, 3.8) is 0 Å². The first-order chi connectivity index (χ1) is 28.8. The number of unbranched alkanes of at least 4 members (excludes halogenated alkanes) is 1. The molecule has 0 saturated carbocycles. The predicted octanol–water partition coefficient (Wildman–Crippen LogP) is 10.9. The molecular formula is C49H66N4O6. The Balaban J connectivity index is 0.00000121. The molecule has 2 aromatic heterocycles. The summed E-state index contributed by atoms with van der Waals surface area (Å²) >= 11 is 0. The van der Waals surface area contributed by atoms with Crippen LogP contribution in [-0.2, 0) is 19.5 Å². The van der Waals surface area contributed by atoms with Gasteiger partial charge < -0.3 is 33.3 Å². The molecule has 0 aliphatic carbocycles. The quantitative estimate of drug-likeness (QED) is 0.0960. The molecule has 1 aliphatic heterocycles. The normalized spacial score (nSPS) is 12.6. The lowest BCUT2D eigenvalue weighted by Gasteiger charge is -2.40. The Hall–Kier alpha value is -5.48. The van der Waals surface area contributed by atoms with Crippen molar-refractivity contribution in [1.29, 1.82) is 0 Å². The van der Waals surface area contributed by atoms with E-state index in [9.17, 15) is 0 Å². The van der Waals surface area contributed by atoms with Gasteiger partial charge in [-0.05, 0) is 90.6 Å². The van der Waals surface area contributed by atoms with Gasteiger partial charge in [0.25, 0.3) is 0 Å². The maximum Gasteiger partial charge on any atom is 0.203 e. The van der Waals surface area contributed by atoms with E-state index in [1.165, 1.54) is 29.7 Å². The van der Waals surface area contributed by atoms with Crippen molar-refractivity contribution < 1.29 is 28.4 Å². The Morgan fingerprint density at radius 1 is 0.576 bits per heavy atom. The number of ether oxygens (including phenoxy) is 6. The number of methoxy groups -OCH3 is 6. The molecule has 1 aliphatic rings. The highest BCUT2D eigenvalue weighted by molar-refractivity contribution is 5.70. The molecule has 0 amide bonds. The minimum absolute atomic E-state index is 0.390. The first kappa shape index (κ1) is 46.2. The van der Waals surface area contributed by atoms with Gasteiger partial charge in [0.15, 0.2) is 23.0 Å². The molecule has 59 heavy (non-hydrogen) atoms. The second-order valence-corrected chi connectivity index (χ2v) is 14.1. The van der Waals surface area contributed by atoms with E-state index in [0.29, 0.717) is 40.5 Å². The number of anilines is 1. The Morgan fingerprint density at radius 2 is 1.08 bits per heavy atom. The molecule has 10 nitrogen and oxygen atoms in total. The van der Waals surface area contributed by atoms with Gasteiger partial charge in [0, 0.05) is 61.4 Å². The highest BCUT2D eigenvalue weighted by Gasteiger charge is 2.26. The zero-order valence-corrected chi connectivity index (χ0v) is 37.3. The van der Waals surface area contributed by atoms with E-state index in [4.69, 9.17) is 33.4 Å². The summed E-state index contributed by atoms with van der Waals surface area (Å²) in [6.07, 6.45) is 9.62. The van der Waals surface area contributed by atoms with Crippen molar-refractivity contribution >= 4 is 5.69 Å². The molecule has 10 heteroatoms. The van der Waals surface area contributed by atoms with Crippen LogP contribution < -0.4 is 33.3 Å². The maximum absolute atomic E-state index is 5.59. The second-order valence-electron chi connectivity index (χ2n) is 14.1. The van der Waals surface area contributed by atoms with Crippen molar-refractivity contribution in [3.05, 3.63) is 102 Å². The zero-order valence-electron chi connectivity index (χ0n) is 37.3. The van der Waals surface area contributed by atoms with Crippen LogP contribution in [0, 0.1) is 0 Å². The first-order valence-corrected chi connectivity index (χ1v) is 20.9. The van der Waals surface area contributed by atoms with Gasteiger partial charge in [-0.3, -0.25) is 14.9 Å². The van der Waals surface area contributed by atoms with Crippen molar-refractivity contribution in [2.24, 2.45) is 0 Å². The average molecular weight is 807 g/mol. The molecule has 318 valence electrons. The van der Waals surface area contributed by atoms with E-state index in [2.05, 4.69) is 84.1 Å². The van der Waals surface area contributed by atoms with Crippen LogP contribution in [0.15, 0.2) is 85.2 Å². The van der Waals surface area contributed by atoms with Gasteiger partial charge in [-0.25, -0.2) is 0 Å². The minimum Gasteiger partial charge on any atom is -0.493 e. The van der Waals surface area contributed by atoms with Gasteiger partial charge in [0.1, 0.15) is 0 Å². The smallest absolute Gasteiger partial charge is 0.203 e. The molecular weight excluding hydrogens is 741 g/mol. The lowest BCUT2D eigenvalue weighted by Crippen LogP contribution is -2.44. The molecule has 0 spiro atoms. The van der Waals surface area contributed by atoms with E-state index in [-0.39, 0.29) is 0 Å². The van der Waals surface area contributed by atoms with E-state index < -0.39 is 0 Å². The SMILES string of the molecule is CC.CCCC.CCc1ccc(N(Cc2ccc(-c3cc(OC)c(OC)c(OC)c3)nc2)C2CCN(Cc3ccnc(-c4cc(OC)c(OC)c(OC)c4)c3)CC2)cc1. The van der Waals surface area contributed by atoms with Crippen LogP contribution in [0.25, 0.3) is 22.5 Å². The van der Waals surface area contributed by atoms with Crippen LogP contribution in [0.5, 0.6) is 34.5 Å². The molecule has 0 radical (unpaired) electrons. The lowest BCUT2D eigenvalue weighted by atomic mass is 10.00. The van der Waals surface area contributed by atoms with Gasteiger partial charge in [-0.1, -0.05) is 65.7 Å². The molecule has 5 aromatic rings. The minimum atomic E-state index is 0.390. The lowest BCUT2D eigenvalue weighted by molar-refractivity contribution is 0.201. The fourth-order valence-electron chi connectivity index (χ4n) is 7.08.